The third-order valence-electron chi connectivity index (χ3n) is 5.51. The van der Waals surface area contributed by atoms with Crippen molar-refractivity contribution in [3.63, 3.8) is 0 Å². The molecule has 1 aliphatic rings. The molecule has 8 heteroatoms. The lowest BCUT2D eigenvalue weighted by Gasteiger charge is -2.20. The summed E-state index contributed by atoms with van der Waals surface area (Å²) in [5.41, 5.74) is 3.39. The van der Waals surface area contributed by atoms with Crippen molar-refractivity contribution in [3.05, 3.63) is 99.4 Å². The highest BCUT2D eigenvalue weighted by Gasteiger charge is 2.26. The summed E-state index contributed by atoms with van der Waals surface area (Å²) in [7, 11) is 0. The minimum atomic E-state index is -0.251. The molecule has 0 fully saturated rings. The van der Waals surface area contributed by atoms with Crippen molar-refractivity contribution in [3.8, 4) is 5.82 Å². The number of hydrogen-bond acceptors (Lipinski definition) is 5. The van der Waals surface area contributed by atoms with Gasteiger partial charge in [0.05, 0.1) is 17.5 Å². The molecule has 0 saturated heterocycles. The highest BCUT2D eigenvalue weighted by Crippen LogP contribution is 2.25. The summed E-state index contributed by atoms with van der Waals surface area (Å²) in [5.74, 6) is 0.351. The Morgan fingerprint density at radius 1 is 1.12 bits per heavy atom. The maximum atomic E-state index is 13.3. The van der Waals surface area contributed by atoms with Gasteiger partial charge in [0.1, 0.15) is 5.82 Å². The van der Waals surface area contributed by atoms with Crippen LogP contribution < -0.4 is 5.32 Å². The van der Waals surface area contributed by atoms with Crippen LogP contribution in [0.5, 0.6) is 0 Å². The summed E-state index contributed by atoms with van der Waals surface area (Å²) in [6.07, 6.45) is 4.16. The number of nitrogens with zero attached hydrogens (tertiary/aromatic N) is 4. The largest absolute Gasteiger partial charge is 0.352 e. The Labute approximate surface area is 189 Å². The summed E-state index contributed by atoms with van der Waals surface area (Å²) < 4.78 is 15.1. The lowest BCUT2D eigenvalue weighted by atomic mass is 10.1. The SMILES string of the molecule is O=C(NCCc1cccs1)c1cnn2c1CN(Cc1ccc(F)cc1)Cc1cccnc1-2. The lowest BCUT2D eigenvalue weighted by Crippen LogP contribution is -2.28. The molecule has 1 aliphatic heterocycles. The summed E-state index contributed by atoms with van der Waals surface area (Å²) in [5, 5.41) is 9.57. The quantitative estimate of drug-likeness (QED) is 0.486. The highest BCUT2D eigenvalue weighted by molar-refractivity contribution is 7.09. The van der Waals surface area contributed by atoms with E-state index in [2.05, 4.69) is 26.4 Å². The first-order chi connectivity index (χ1) is 15.7. The summed E-state index contributed by atoms with van der Waals surface area (Å²) in [6, 6.07) is 14.5. The van der Waals surface area contributed by atoms with Crippen molar-refractivity contribution in [2.45, 2.75) is 26.1 Å². The van der Waals surface area contributed by atoms with Gasteiger partial charge in [-0.1, -0.05) is 24.3 Å². The second-order valence-corrected chi connectivity index (χ2v) is 8.79. The Bertz CT molecular complexity index is 1220. The van der Waals surface area contributed by atoms with Gasteiger partial charge in [-0.2, -0.15) is 5.10 Å². The number of aromatic nitrogens is 3. The molecule has 4 aromatic rings. The van der Waals surface area contributed by atoms with E-state index in [4.69, 9.17) is 0 Å². The van der Waals surface area contributed by atoms with E-state index >= 15 is 0 Å². The van der Waals surface area contributed by atoms with Crippen LogP contribution in [0.25, 0.3) is 5.82 Å². The fourth-order valence-electron chi connectivity index (χ4n) is 3.96. The van der Waals surface area contributed by atoms with Crippen LogP contribution in [0.3, 0.4) is 0 Å². The topological polar surface area (TPSA) is 63.1 Å². The van der Waals surface area contributed by atoms with Crippen LogP contribution in [-0.2, 0) is 26.1 Å². The Morgan fingerprint density at radius 3 is 2.81 bits per heavy atom. The van der Waals surface area contributed by atoms with Crippen molar-refractivity contribution in [2.24, 2.45) is 0 Å². The number of carbonyl (C=O) groups excluding carboxylic acids is 1. The minimum Gasteiger partial charge on any atom is -0.352 e. The average molecular weight is 448 g/mol. The van der Waals surface area contributed by atoms with Crippen molar-refractivity contribution in [2.75, 3.05) is 6.54 Å². The smallest absolute Gasteiger partial charge is 0.254 e. The Morgan fingerprint density at radius 2 is 2.00 bits per heavy atom. The average Bonchev–Trinajstić information content (AvgIpc) is 3.43. The molecule has 1 amide bonds. The van der Waals surface area contributed by atoms with E-state index in [1.807, 2.05) is 23.6 Å². The zero-order valence-corrected chi connectivity index (χ0v) is 18.2. The molecule has 5 rings (SSSR count). The molecular formula is C24H22FN5OS. The molecule has 0 atom stereocenters. The first-order valence-corrected chi connectivity index (χ1v) is 11.3. The number of amides is 1. The number of benzene rings is 1. The van der Waals surface area contributed by atoms with Gasteiger partial charge in [-0.05, 0) is 41.6 Å². The molecule has 6 nitrogen and oxygen atoms in total. The van der Waals surface area contributed by atoms with Crippen LogP contribution in [0, 0.1) is 5.82 Å². The Hall–Kier alpha value is -3.36. The lowest BCUT2D eigenvalue weighted by molar-refractivity contribution is 0.0952. The fourth-order valence-corrected chi connectivity index (χ4v) is 4.67. The number of pyridine rings is 1. The number of nitrogens with one attached hydrogen (secondary N) is 1. The minimum absolute atomic E-state index is 0.135. The second-order valence-electron chi connectivity index (χ2n) is 7.76. The first-order valence-electron chi connectivity index (χ1n) is 10.5. The molecule has 162 valence electrons. The van der Waals surface area contributed by atoms with E-state index in [0.29, 0.717) is 31.7 Å². The van der Waals surface area contributed by atoms with Crippen LogP contribution in [0.4, 0.5) is 4.39 Å². The normalized spacial score (nSPS) is 13.3. The van der Waals surface area contributed by atoms with E-state index in [9.17, 15) is 9.18 Å². The summed E-state index contributed by atoms with van der Waals surface area (Å²) in [4.78, 5) is 21.0. The molecule has 0 spiro atoms. The molecule has 0 saturated carbocycles. The molecule has 0 unspecified atom stereocenters. The zero-order chi connectivity index (χ0) is 21.9. The van der Waals surface area contributed by atoms with Crippen molar-refractivity contribution in [1.29, 1.82) is 0 Å². The monoisotopic (exact) mass is 447 g/mol. The number of rotatable bonds is 6. The molecule has 3 aromatic heterocycles. The van der Waals surface area contributed by atoms with E-state index in [-0.39, 0.29) is 11.7 Å². The molecule has 4 heterocycles. The van der Waals surface area contributed by atoms with Gasteiger partial charge in [-0.3, -0.25) is 9.69 Å². The molecule has 1 N–H and O–H groups in total. The Kier molecular flexibility index (Phi) is 5.79. The molecule has 0 aliphatic carbocycles. The number of thiophene rings is 1. The standard InChI is InChI=1S/C24H22FN5OS/c25-19-7-5-17(6-8-19)14-29-15-18-3-1-10-26-23(18)30-22(16-29)21(13-28-30)24(31)27-11-9-20-4-2-12-32-20/h1-8,10,12-13H,9,11,14-16H2,(H,27,31). The van der Waals surface area contributed by atoms with Crippen LogP contribution in [0.1, 0.15) is 32.1 Å². The predicted octanol–water partition coefficient (Wildman–Crippen LogP) is 3.96. The van der Waals surface area contributed by atoms with Crippen molar-refractivity contribution in [1.82, 2.24) is 25.0 Å². The predicted molar refractivity (Wildman–Crippen MR) is 121 cm³/mol. The van der Waals surface area contributed by atoms with E-state index in [1.165, 1.54) is 17.0 Å². The summed E-state index contributed by atoms with van der Waals surface area (Å²) in [6.45, 7) is 2.38. The van der Waals surface area contributed by atoms with Gasteiger partial charge in [-0.25, -0.2) is 14.1 Å². The molecule has 0 bridgehead atoms. The molecule has 32 heavy (non-hydrogen) atoms. The number of fused-ring (bicyclic) bond motifs is 3. The maximum absolute atomic E-state index is 13.3. The van der Waals surface area contributed by atoms with Gasteiger partial charge < -0.3 is 5.32 Å². The van der Waals surface area contributed by atoms with Gasteiger partial charge in [-0.15, -0.1) is 11.3 Å². The third-order valence-corrected chi connectivity index (χ3v) is 6.44. The highest BCUT2D eigenvalue weighted by atomic mass is 32.1. The van der Waals surface area contributed by atoms with E-state index in [0.717, 1.165) is 29.1 Å². The molecular weight excluding hydrogens is 425 g/mol. The number of hydrogen-bond donors (Lipinski definition) is 1. The zero-order valence-electron chi connectivity index (χ0n) is 17.4. The van der Waals surface area contributed by atoms with Crippen molar-refractivity contribution < 1.29 is 9.18 Å². The second kappa shape index (κ2) is 9.02. The number of carbonyl (C=O) groups is 1. The van der Waals surface area contributed by atoms with Gasteiger partial charge in [0.25, 0.3) is 5.91 Å². The van der Waals surface area contributed by atoms with Crippen molar-refractivity contribution >= 4 is 17.2 Å². The van der Waals surface area contributed by atoms with Gasteiger partial charge >= 0.3 is 0 Å². The molecule has 0 radical (unpaired) electrons. The van der Waals surface area contributed by atoms with Gasteiger partial charge in [0, 0.05) is 42.8 Å². The maximum Gasteiger partial charge on any atom is 0.254 e. The number of halogens is 1. The third kappa shape index (κ3) is 4.32. The van der Waals surface area contributed by atoms with Crippen LogP contribution in [-0.4, -0.2) is 32.1 Å². The van der Waals surface area contributed by atoms with Gasteiger partial charge in [0.15, 0.2) is 5.82 Å². The van der Waals surface area contributed by atoms with Gasteiger partial charge in [0.2, 0.25) is 0 Å². The fraction of sp³-hybridized carbons (Fsp3) is 0.208. The summed E-state index contributed by atoms with van der Waals surface area (Å²) >= 11 is 1.69. The Balaban J connectivity index is 1.40. The molecule has 1 aromatic carbocycles. The van der Waals surface area contributed by atoms with Crippen LogP contribution in [0.15, 0.2) is 66.3 Å². The van der Waals surface area contributed by atoms with Crippen LogP contribution in [0.2, 0.25) is 0 Å². The van der Waals surface area contributed by atoms with E-state index < -0.39 is 0 Å². The van der Waals surface area contributed by atoms with Crippen LogP contribution >= 0.6 is 11.3 Å². The first kappa shape index (κ1) is 20.5. The van der Waals surface area contributed by atoms with E-state index in [1.54, 1.807) is 40.5 Å².